The van der Waals surface area contributed by atoms with Gasteiger partial charge < -0.3 is 25.2 Å². The minimum atomic E-state index is -4.30. The summed E-state index contributed by atoms with van der Waals surface area (Å²) in [6, 6.07) is 0. The highest BCUT2D eigenvalue weighted by Gasteiger charge is 2.25. The average molecular weight is 744 g/mol. The van der Waals surface area contributed by atoms with Gasteiger partial charge in [-0.05, 0) is 32.1 Å². The minimum Gasteiger partial charge on any atom is -0.457 e. The van der Waals surface area contributed by atoms with Crippen LogP contribution < -0.4 is 5.73 Å². The monoisotopic (exact) mass is 744 g/mol. The van der Waals surface area contributed by atoms with Crippen LogP contribution in [0.1, 0.15) is 174 Å². The second kappa shape index (κ2) is 38.4. The van der Waals surface area contributed by atoms with Gasteiger partial charge in [0.1, 0.15) is 6.10 Å². The molecule has 0 bridgehead atoms. The Hall–Kier alpha value is -1.32. The van der Waals surface area contributed by atoms with E-state index in [1.807, 2.05) is 36.5 Å². The van der Waals surface area contributed by atoms with Crippen LogP contribution in [0.4, 0.5) is 0 Å². The second-order valence-electron chi connectivity index (χ2n) is 13.7. The zero-order valence-corrected chi connectivity index (χ0v) is 33.6. The van der Waals surface area contributed by atoms with E-state index >= 15 is 0 Å². The highest BCUT2D eigenvalue weighted by Crippen LogP contribution is 2.43. The number of esters is 1. The molecule has 3 unspecified atom stereocenters. The molecule has 0 saturated heterocycles. The summed E-state index contributed by atoms with van der Waals surface area (Å²) in [5.74, 6) is -0.405. The maximum Gasteiger partial charge on any atom is 0.472 e. The van der Waals surface area contributed by atoms with Crippen molar-refractivity contribution in [3.8, 4) is 0 Å². The van der Waals surface area contributed by atoms with E-state index in [9.17, 15) is 19.4 Å². The molecule has 0 heterocycles. The molecule has 0 rings (SSSR count). The Morgan fingerprint density at radius 3 is 1.84 bits per heavy atom. The molecule has 300 valence electrons. The smallest absolute Gasteiger partial charge is 0.457 e. The van der Waals surface area contributed by atoms with E-state index in [1.165, 1.54) is 109 Å². The Balaban J connectivity index is 4.21. The van der Waals surface area contributed by atoms with E-state index in [0.717, 1.165) is 38.5 Å². The van der Waals surface area contributed by atoms with Gasteiger partial charge in [-0.2, -0.15) is 0 Å². The zero-order chi connectivity index (χ0) is 37.5. The Morgan fingerprint density at radius 1 is 0.686 bits per heavy atom. The van der Waals surface area contributed by atoms with E-state index in [1.54, 1.807) is 0 Å². The number of rotatable bonds is 39. The molecular formula is C41H78NO8P. The van der Waals surface area contributed by atoms with Crippen molar-refractivity contribution in [3.05, 3.63) is 36.5 Å². The Bertz CT molecular complexity index is 897. The Morgan fingerprint density at radius 2 is 1.25 bits per heavy atom. The summed E-state index contributed by atoms with van der Waals surface area (Å²) in [6.45, 7) is 4.75. The Labute approximate surface area is 312 Å². The van der Waals surface area contributed by atoms with Crippen molar-refractivity contribution in [3.63, 3.8) is 0 Å². The lowest BCUT2D eigenvalue weighted by Crippen LogP contribution is -2.28. The third-order valence-electron chi connectivity index (χ3n) is 8.66. The van der Waals surface area contributed by atoms with Gasteiger partial charge in [-0.15, -0.1) is 0 Å². The number of hydrogen-bond acceptors (Lipinski definition) is 8. The van der Waals surface area contributed by atoms with Crippen molar-refractivity contribution in [1.29, 1.82) is 0 Å². The van der Waals surface area contributed by atoms with E-state index < -0.39 is 19.9 Å². The van der Waals surface area contributed by atoms with E-state index in [0.29, 0.717) is 13.0 Å². The number of phosphoric ester groups is 1. The molecule has 0 saturated carbocycles. The van der Waals surface area contributed by atoms with Gasteiger partial charge in [-0.3, -0.25) is 13.8 Å². The van der Waals surface area contributed by atoms with Crippen LogP contribution in [0, 0.1) is 0 Å². The number of ether oxygens (including phenoxy) is 2. The molecule has 51 heavy (non-hydrogen) atoms. The van der Waals surface area contributed by atoms with Crippen LogP contribution in [0.15, 0.2) is 36.5 Å². The van der Waals surface area contributed by atoms with E-state index in [-0.39, 0.29) is 38.9 Å². The van der Waals surface area contributed by atoms with Crippen molar-refractivity contribution >= 4 is 13.8 Å². The number of aliphatic hydroxyl groups excluding tert-OH is 1. The molecular weight excluding hydrogens is 665 g/mol. The average Bonchev–Trinajstić information content (AvgIpc) is 3.11. The highest BCUT2D eigenvalue weighted by molar-refractivity contribution is 7.47. The number of carbonyl (C=O) groups excluding carboxylic acids is 1. The van der Waals surface area contributed by atoms with Crippen LogP contribution in [-0.4, -0.2) is 61.1 Å². The second-order valence-corrected chi connectivity index (χ2v) is 15.2. The SMILES string of the molecule is CCCCCCCCCCCCCCCCOCC(COP(=O)(O)OCCN)OC(=O)CCC/C=C\C/C=C\C=C/C(O)CCCCCCCC. The summed E-state index contributed by atoms with van der Waals surface area (Å²) >= 11 is 0. The Kier molecular flexibility index (Phi) is 37.4. The summed E-state index contributed by atoms with van der Waals surface area (Å²) in [5, 5.41) is 10.1. The summed E-state index contributed by atoms with van der Waals surface area (Å²) in [5.41, 5.74) is 5.35. The fraction of sp³-hybridized carbons (Fsp3) is 0.829. The van der Waals surface area contributed by atoms with Crippen LogP contribution in [0.3, 0.4) is 0 Å². The van der Waals surface area contributed by atoms with Crippen molar-refractivity contribution in [2.24, 2.45) is 5.73 Å². The fourth-order valence-electron chi connectivity index (χ4n) is 5.59. The van der Waals surface area contributed by atoms with Crippen molar-refractivity contribution in [1.82, 2.24) is 0 Å². The van der Waals surface area contributed by atoms with Crippen molar-refractivity contribution in [2.45, 2.75) is 187 Å². The molecule has 0 aliphatic heterocycles. The molecule has 0 aromatic carbocycles. The molecule has 0 aliphatic rings. The van der Waals surface area contributed by atoms with Crippen molar-refractivity contribution < 1.29 is 37.9 Å². The lowest BCUT2D eigenvalue weighted by atomic mass is 10.0. The van der Waals surface area contributed by atoms with E-state index in [2.05, 4.69) is 13.8 Å². The number of phosphoric acid groups is 1. The van der Waals surface area contributed by atoms with Gasteiger partial charge in [0, 0.05) is 19.6 Å². The molecule has 0 spiro atoms. The standard InChI is InChI=1S/C41H78NO8P/c1-3-5-7-9-11-12-13-14-15-16-19-22-26-30-35-47-37-40(38-49-51(45,46)48-36-34-42)50-41(44)33-29-25-21-18-17-20-24-28-32-39(43)31-27-23-10-8-6-4-2/h18,20-21,24,28,32,39-40,43H,3-17,19,22-23,25-27,29-31,33-38,42H2,1-2H3,(H,45,46)/b21-18-,24-20-,32-28-. The molecule has 0 aromatic heterocycles. The number of aliphatic hydroxyl groups is 1. The quantitative estimate of drug-likeness (QED) is 0.0185. The number of nitrogens with two attached hydrogens (primary N) is 1. The molecule has 0 aliphatic carbocycles. The molecule has 0 radical (unpaired) electrons. The fourth-order valence-corrected chi connectivity index (χ4v) is 6.36. The van der Waals surface area contributed by atoms with Gasteiger partial charge in [0.25, 0.3) is 0 Å². The molecule has 9 nitrogen and oxygen atoms in total. The summed E-state index contributed by atoms with van der Waals surface area (Å²) in [7, 11) is -4.30. The van der Waals surface area contributed by atoms with Crippen LogP contribution in [-0.2, 0) is 27.9 Å². The summed E-state index contributed by atoms with van der Waals surface area (Å²) in [4.78, 5) is 22.4. The lowest BCUT2D eigenvalue weighted by Gasteiger charge is -2.20. The van der Waals surface area contributed by atoms with Gasteiger partial charge in [0.15, 0.2) is 0 Å². The first-order valence-electron chi connectivity index (χ1n) is 20.6. The first-order chi connectivity index (χ1) is 24.8. The highest BCUT2D eigenvalue weighted by atomic mass is 31.2. The summed E-state index contributed by atoms with van der Waals surface area (Å²) in [6.07, 6.45) is 39.0. The van der Waals surface area contributed by atoms with Crippen LogP contribution in [0.2, 0.25) is 0 Å². The predicted octanol–water partition coefficient (Wildman–Crippen LogP) is 10.8. The third-order valence-corrected chi connectivity index (χ3v) is 9.65. The van der Waals surface area contributed by atoms with Gasteiger partial charge in [-0.25, -0.2) is 4.57 Å². The molecule has 0 amide bonds. The van der Waals surface area contributed by atoms with Crippen LogP contribution >= 0.6 is 7.82 Å². The number of hydrogen-bond donors (Lipinski definition) is 3. The predicted molar refractivity (Wildman–Crippen MR) is 212 cm³/mol. The maximum absolute atomic E-state index is 12.5. The van der Waals surface area contributed by atoms with Gasteiger partial charge >= 0.3 is 13.8 Å². The summed E-state index contributed by atoms with van der Waals surface area (Å²) < 4.78 is 33.3. The van der Waals surface area contributed by atoms with Crippen LogP contribution in [0.25, 0.3) is 0 Å². The normalized spacial score (nSPS) is 14.5. The zero-order valence-electron chi connectivity index (χ0n) is 32.7. The largest absolute Gasteiger partial charge is 0.472 e. The maximum atomic E-state index is 12.5. The van der Waals surface area contributed by atoms with Crippen molar-refractivity contribution in [2.75, 3.05) is 33.0 Å². The van der Waals surface area contributed by atoms with E-state index in [4.69, 9.17) is 24.3 Å². The van der Waals surface area contributed by atoms with Gasteiger partial charge in [-0.1, -0.05) is 172 Å². The number of allylic oxidation sites excluding steroid dienone is 5. The molecule has 4 N–H and O–H groups in total. The number of carbonyl (C=O) groups is 1. The first kappa shape index (κ1) is 49.7. The molecule has 10 heteroatoms. The molecule has 0 aromatic rings. The minimum absolute atomic E-state index is 0.0812. The van der Waals surface area contributed by atoms with Gasteiger partial charge in [0.05, 0.1) is 25.9 Å². The third kappa shape index (κ3) is 38.2. The topological polar surface area (TPSA) is 138 Å². The molecule has 3 atom stereocenters. The molecule has 0 fully saturated rings. The van der Waals surface area contributed by atoms with Gasteiger partial charge in [0.2, 0.25) is 0 Å². The first-order valence-corrected chi connectivity index (χ1v) is 22.1. The number of unbranched alkanes of at least 4 members (excludes halogenated alkanes) is 19. The lowest BCUT2D eigenvalue weighted by molar-refractivity contribution is -0.154. The van der Waals surface area contributed by atoms with Crippen LogP contribution in [0.5, 0.6) is 0 Å².